The molecule has 112 valence electrons. The molecule has 1 N–H and O–H groups in total. The summed E-state index contributed by atoms with van der Waals surface area (Å²) in [6, 6.07) is 14.7. The molecule has 0 unspecified atom stereocenters. The highest BCUT2D eigenvalue weighted by Gasteiger charge is 2.08. The number of hydrogen-bond donors (Lipinski definition) is 1. The monoisotopic (exact) mass is 288 g/mol. The first-order valence-electron chi connectivity index (χ1n) is 6.99. The molecular weight excluding hydrogens is 267 g/mol. The highest BCUT2D eigenvalue weighted by atomic mass is 19.1. The molecule has 0 spiro atoms. The van der Waals surface area contributed by atoms with Crippen LogP contribution in [0.25, 0.3) is 0 Å². The van der Waals surface area contributed by atoms with Gasteiger partial charge in [0.15, 0.2) is 0 Å². The Morgan fingerprint density at radius 3 is 2.52 bits per heavy atom. The van der Waals surface area contributed by atoms with E-state index < -0.39 is 0 Å². The van der Waals surface area contributed by atoms with E-state index in [9.17, 15) is 4.39 Å². The van der Waals surface area contributed by atoms with Crippen LogP contribution in [0.1, 0.15) is 5.56 Å². The third-order valence-electron chi connectivity index (χ3n) is 3.37. The highest BCUT2D eigenvalue weighted by molar-refractivity contribution is 5.65. The maximum atomic E-state index is 13.0. The number of halogens is 1. The second kappa shape index (κ2) is 7.76. The van der Waals surface area contributed by atoms with Gasteiger partial charge in [-0.15, -0.1) is 0 Å². The molecule has 0 amide bonds. The molecule has 0 saturated carbocycles. The zero-order valence-corrected chi connectivity index (χ0v) is 12.5. The number of benzene rings is 2. The minimum absolute atomic E-state index is 0.221. The third-order valence-corrected chi connectivity index (χ3v) is 3.37. The number of rotatable bonds is 7. The van der Waals surface area contributed by atoms with Crippen LogP contribution in [0.3, 0.4) is 0 Å². The Hall–Kier alpha value is -1.91. The second-order valence-electron chi connectivity index (χ2n) is 4.83. The van der Waals surface area contributed by atoms with Crippen molar-refractivity contribution >= 4 is 11.4 Å². The predicted molar refractivity (Wildman–Crippen MR) is 84.5 cm³/mol. The van der Waals surface area contributed by atoms with Crippen molar-refractivity contribution in [2.45, 2.75) is 6.54 Å². The first-order chi connectivity index (χ1) is 10.2. The first-order valence-corrected chi connectivity index (χ1v) is 6.99. The number of ether oxygens (including phenoxy) is 1. The molecule has 0 heterocycles. The lowest BCUT2D eigenvalue weighted by molar-refractivity contribution is 0.199. The van der Waals surface area contributed by atoms with Gasteiger partial charge < -0.3 is 15.0 Å². The van der Waals surface area contributed by atoms with Gasteiger partial charge in [-0.05, 0) is 35.9 Å². The number of para-hydroxylation sites is 1. The zero-order valence-electron chi connectivity index (χ0n) is 12.5. The fourth-order valence-corrected chi connectivity index (χ4v) is 2.19. The van der Waals surface area contributed by atoms with E-state index in [1.165, 1.54) is 17.7 Å². The molecule has 2 rings (SSSR count). The summed E-state index contributed by atoms with van der Waals surface area (Å²) in [5.41, 5.74) is 3.26. The van der Waals surface area contributed by atoms with Gasteiger partial charge in [0.1, 0.15) is 5.82 Å². The normalized spacial score (nSPS) is 10.6. The smallest absolute Gasteiger partial charge is 0.123 e. The average molecular weight is 288 g/mol. The number of methoxy groups -OCH3 is 1. The van der Waals surface area contributed by atoms with E-state index in [1.54, 1.807) is 19.2 Å². The van der Waals surface area contributed by atoms with Gasteiger partial charge in [0.25, 0.3) is 0 Å². The molecule has 2 aromatic rings. The fourth-order valence-electron chi connectivity index (χ4n) is 2.19. The summed E-state index contributed by atoms with van der Waals surface area (Å²) in [4.78, 5) is 2.06. The number of anilines is 2. The number of nitrogens with zero attached hydrogens (tertiary/aromatic N) is 1. The van der Waals surface area contributed by atoms with Crippen molar-refractivity contribution in [3.63, 3.8) is 0 Å². The Morgan fingerprint density at radius 2 is 1.81 bits per heavy atom. The van der Waals surface area contributed by atoms with E-state index in [0.29, 0.717) is 6.61 Å². The molecule has 0 saturated heterocycles. The van der Waals surface area contributed by atoms with Crippen LogP contribution in [-0.4, -0.2) is 27.3 Å². The molecule has 0 atom stereocenters. The van der Waals surface area contributed by atoms with Crippen molar-refractivity contribution in [3.05, 3.63) is 59.9 Å². The molecule has 0 radical (unpaired) electrons. The van der Waals surface area contributed by atoms with E-state index in [0.717, 1.165) is 24.5 Å². The van der Waals surface area contributed by atoms with Gasteiger partial charge in [-0.1, -0.05) is 18.2 Å². The van der Waals surface area contributed by atoms with Crippen molar-refractivity contribution in [2.75, 3.05) is 32.2 Å². The van der Waals surface area contributed by atoms with Crippen molar-refractivity contribution in [3.8, 4) is 0 Å². The quantitative estimate of drug-likeness (QED) is 0.791. The van der Waals surface area contributed by atoms with Gasteiger partial charge in [0, 0.05) is 38.6 Å². The average Bonchev–Trinajstić information content (AvgIpc) is 2.52. The topological polar surface area (TPSA) is 24.5 Å². The lowest BCUT2D eigenvalue weighted by atomic mass is 10.1. The van der Waals surface area contributed by atoms with E-state index in [-0.39, 0.29) is 5.82 Å². The fraction of sp³-hybridized carbons (Fsp3) is 0.294. The van der Waals surface area contributed by atoms with Crippen LogP contribution in [0.4, 0.5) is 15.8 Å². The number of nitrogens with one attached hydrogen (secondary N) is 1. The van der Waals surface area contributed by atoms with Crippen LogP contribution in [0, 0.1) is 5.82 Å². The lowest BCUT2D eigenvalue weighted by Crippen LogP contribution is -2.20. The zero-order chi connectivity index (χ0) is 15.1. The van der Waals surface area contributed by atoms with E-state index in [4.69, 9.17) is 4.74 Å². The molecule has 0 aliphatic carbocycles. The van der Waals surface area contributed by atoms with Crippen LogP contribution in [0.5, 0.6) is 0 Å². The van der Waals surface area contributed by atoms with Crippen LogP contribution in [0.15, 0.2) is 48.5 Å². The van der Waals surface area contributed by atoms with Crippen molar-refractivity contribution in [1.82, 2.24) is 5.32 Å². The maximum absolute atomic E-state index is 13.0. The summed E-state index contributed by atoms with van der Waals surface area (Å²) in [6.07, 6.45) is 0. The molecule has 0 aliphatic rings. The van der Waals surface area contributed by atoms with Crippen LogP contribution < -0.4 is 10.2 Å². The SMILES string of the molecule is COCCNCc1ccccc1N(C)c1ccc(F)cc1. The van der Waals surface area contributed by atoms with Gasteiger partial charge in [-0.2, -0.15) is 0 Å². The largest absolute Gasteiger partial charge is 0.383 e. The molecule has 3 nitrogen and oxygen atoms in total. The van der Waals surface area contributed by atoms with Crippen molar-refractivity contribution in [2.24, 2.45) is 0 Å². The molecule has 0 fully saturated rings. The van der Waals surface area contributed by atoms with Gasteiger partial charge in [0.2, 0.25) is 0 Å². The summed E-state index contributed by atoms with van der Waals surface area (Å²) in [5, 5.41) is 3.35. The Balaban J connectivity index is 2.12. The Kier molecular flexibility index (Phi) is 5.72. The lowest BCUT2D eigenvalue weighted by Gasteiger charge is -2.23. The maximum Gasteiger partial charge on any atom is 0.123 e. The summed E-state index contributed by atoms with van der Waals surface area (Å²) >= 11 is 0. The molecule has 0 aromatic heterocycles. The van der Waals surface area contributed by atoms with E-state index >= 15 is 0 Å². The first kappa shape index (κ1) is 15.5. The van der Waals surface area contributed by atoms with E-state index in [2.05, 4.69) is 22.3 Å². The molecule has 0 aliphatic heterocycles. The van der Waals surface area contributed by atoms with Gasteiger partial charge in [-0.25, -0.2) is 4.39 Å². The molecular formula is C17H21FN2O. The van der Waals surface area contributed by atoms with Gasteiger partial charge >= 0.3 is 0 Å². The molecule has 0 bridgehead atoms. The van der Waals surface area contributed by atoms with Gasteiger partial charge in [-0.3, -0.25) is 0 Å². The molecule has 21 heavy (non-hydrogen) atoms. The minimum Gasteiger partial charge on any atom is -0.383 e. The summed E-state index contributed by atoms with van der Waals surface area (Å²) < 4.78 is 18.1. The van der Waals surface area contributed by atoms with Crippen LogP contribution >= 0.6 is 0 Å². The van der Waals surface area contributed by atoms with E-state index in [1.807, 2.05) is 19.2 Å². The van der Waals surface area contributed by atoms with Crippen LogP contribution in [-0.2, 0) is 11.3 Å². The van der Waals surface area contributed by atoms with Gasteiger partial charge in [0.05, 0.1) is 6.61 Å². The van der Waals surface area contributed by atoms with Crippen LogP contribution in [0.2, 0.25) is 0 Å². The predicted octanol–water partition coefficient (Wildman–Crippen LogP) is 3.33. The highest BCUT2D eigenvalue weighted by Crippen LogP contribution is 2.27. The Labute approximate surface area is 125 Å². The second-order valence-corrected chi connectivity index (χ2v) is 4.83. The molecule has 4 heteroatoms. The summed E-state index contributed by atoms with van der Waals surface area (Å²) in [6.45, 7) is 2.27. The standard InChI is InChI=1S/C17H21FN2O/c1-20(16-9-7-15(18)8-10-16)17-6-4-3-5-14(17)13-19-11-12-21-2/h3-10,19H,11-13H2,1-2H3. The van der Waals surface area contributed by atoms with Crippen molar-refractivity contribution in [1.29, 1.82) is 0 Å². The molecule has 2 aromatic carbocycles. The Morgan fingerprint density at radius 1 is 1.10 bits per heavy atom. The summed E-state index contributed by atoms with van der Waals surface area (Å²) in [7, 11) is 3.68. The number of hydrogen-bond acceptors (Lipinski definition) is 3. The Bertz CT molecular complexity index is 557. The summed E-state index contributed by atoms with van der Waals surface area (Å²) in [5.74, 6) is -0.221. The minimum atomic E-state index is -0.221. The van der Waals surface area contributed by atoms with Crippen molar-refractivity contribution < 1.29 is 9.13 Å². The third kappa shape index (κ3) is 4.28.